The van der Waals surface area contributed by atoms with Crippen molar-refractivity contribution in [3.05, 3.63) is 11.3 Å². The Bertz CT molecular complexity index is 519. The van der Waals surface area contributed by atoms with Gasteiger partial charge in [-0.25, -0.2) is 0 Å². The lowest BCUT2D eigenvalue weighted by Crippen LogP contribution is -1.99. The summed E-state index contributed by atoms with van der Waals surface area (Å²) in [5.74, 6) is 0. The predicted octanol–water partition coefficient (Wildman–Crippen LogP) is 1.91. The fourth-order valence-electron chi connectivity index (χ4n) is 1.45. The molecule has 0 fully saturated rings. The Labute approximate surface area is 112 Å². The van der Waals surface area contributed by atoms with Gasteiger partial charge in [0.2, 0.25) is 0 Å². The van der Waals surface area contributed by atoms with Crippen molar-refractivity contribution < 1.29 is 0 Å². The maximum Gasteiger partial charge on any atom is 0.181 e. The molecule has 2 aromatic heterocycles. The van der Waals surface area contributed by atoms with E-state index in [1.165, 1.54) is 0 Å². The third kappa shape index (κ3) is 2.65. The van der Waals surface area contributed by atoms with Crippen molar-refractivity contribution >= 4 is 34.9 Å². The van der Waals surface area contributed by atoms with Gasteiger partial charge >= 0.3 is 0 Å². The van der Waals surface area contributed by atoms with Crippen LogP contribution in [0.1, 0.15) is 11.3 Å². The summed E-state index contributed by atoms with van der Waals surface area (Å²) in [5, 5.41) is 13.6. The largest absolute Gasteiger partial charge is 0.326 e. The van der Waals surface area contributed by atoms with Gasteiger partial charge in [-0.3, -0.25) is 4.68 Å². The van der Waals surface area contributed by atoms with Crippen molar-refractivity contribution in [2.24, 2.45) is 12.8 Å². The van der Waals surface area contributed by atoms with Crippen molar-refractivity contribution in [3.8, 4) is 0 Å². The molecule has 0 radical (unpaired) electrons. The molecule has 0 unspecified atom stereocenters. The molecule has 17 heavy (non-hydrogen) atoms. The number of hydrogen-bond acceptors (Lipinski definition) is 7. The van der Waals surface area contributed by atoms with Crippen LogP contribution in [0.25, 0.3) is 0 Å². The minimum Gasteiger partial charge on any atom is -0.326 e. The summed E-state index contributed by atoms with van der Waals surface area (Å²) in [6, 6.07) is 0. The lowest BCUT2D eigenvalue weighted by atomic mass is 10.3. The molecule has 0 amide bonds. The molecule has 92 valence electrons. The molecule has 2 rings (SSSR count). The van der Waals surface area contributed by atoms with Crippen LogP contribution in [0.4, 0.5) is 0 Å². The Morgan fingerprint density at radius 1 is 1.35 bits per heavy atom. The van der Waals surface area contributed by atoms with Crippen LogP contribution in [0.3, 0.4) is 0 Å². The summed E-state index contributed by atoms with van der Waals surface area (Å²) >= 11 is 4.77. The van der Waals surface area contributed by atoms with E-state index in [2.05, 4.69) is 15.3 Å². The summed E-state index contributed by atoms with van der Waals surface area (Å²) in [5.41, 5.74) is 7.81. The molecule has 0 bridgehead atoms. The van der Waals surface area contributed by atoms with Crippen LogP contribution in [0, 0.1) is 6.92 Å². The minimum atomic E-state index is 0.496. The molecule has 0 saturated carbocycles. The molecule has 0 aliphatic heterocycles. The van der Waals surface area contributed by atoms with Gasteiger partial charge in [-0.2, -0.15) is 5.10 Å². The number of aryl methyl sites for hydroxylation is 2. The highest BCUT2D eigenvalue weighted by Crippen LogP contribution is 2.35. The van der Waals surface area contributed by atoms with Crippen LogP contribution in [0.2, 0.25) is 0 Å². The smallest absolute Gasteiger partial charge is 0.181 e. The average Bonchev–Trinajstić information content (AvgIpc) is 2.85. The van der Waals surface area contributed by atoms with E-state index in [1.54, 1.807) is 34.9 Å². The van der Waals surface area contributed by atoms with E-state index in [4.69, 9.17) is 5.73 Å². The number of nitrogens with zero attached hydrogens (tertiary/aromatic N) is 4. The number of rotatable bonds is 4. The van der Waals surface area contributed by atoms with Gasteiger partial charge in [0.25, 0.3) is 0 Å². The van der Waals surface area contributed by atoms with Crippen LogP contribution in [-0.2, 0) is 13.6 Å². The first-order valence-electron chi connectivity index (χ1n) is 4.93. The maximum absolute atomic E-state index is 5.75. The lowest BCUT2D eigenvalue weighted by molar-refractivity contribution is 0.688. The fraction of sp³-hybridized carbons (Fsp3) is 0.444. The van der Waals surface area contributed by atoms with Crippen molar-refractivity contribution in [2.75, 3.05) is 6.26 Å². The van der Waals surface area contributed by atoms with E-state index in [1.807, 2.05) is 24.9 Å². The van der Waals surface area contributed by atoms with Crippen LogP contribution in [0.5, 0.6) is 0 Å². The van der Waals surface area contributed by atoms with E-state index in [0.717, 1.165) is 25.0 Å². The zero-order valence-corrected chi connectivity index (χ0v) is 12.2. The number of hydrogen-bond donors (Lipinski definition) is 1. The maximum atomic E-state index is 5.75. The highest BCUT2D eigenvalue weighted by molar-refractivity contribution is 8.03. The Balaban J connectivity index is 2.29. The second-order valence-electron chi connectivity index (χ2n) is 3.34. The van der Waals surface area contributed by atoms with Gasteiger partial charge in [-0.15, -0.1) is 10.2 Å². The summed E-state index contributed by atoms with van der Waals surface area (Å²) in [7, 11) is 1.92. The van der Waals surface area contributed by atoms with Gasteiger partial charge < -0.3 is 5.73 Å². The first-order chi connectivity index (χ1) is 8.15. The van der Waals surface area contributed by atoms with E-state index >= 15 is 0 Å². The molecule has 0 atom stereocenters. The SMILES string of the molecule is CSc1nnc(Sc2c(CN)c(C)nn2C)s1. The third-order valence-corrected chi connectivity index (χ3v) is 5.39. The first kappa shape index (κ1) is 12.9. The second kappa shape index (κ2) is 5.38. The van der Waals surface area contributed by atoms with Gasteiger partial charge in [0, 0.05) is 19.2 Å². The molecule has 0 saturated heterocycles. The van der Waals surface area contributed by atoms with Gasteiger partial charge in [-0.05, 0) is 24.9 Å². The van der Waals surface area contributed by atoms with E-state index in [0.29, 0.717) is 6.54 Å². The molecule has 0 spiro atoms. The van der Waals surface area contributed by atoms with Crippen molar-refractivity contribution in [2.45, 2.75) is 27.2 Å². The predicted molar refractivity (Wildman–Crippen MR) is 71.6 cm³/mol. The van der Waals surface area contributed by atoms with Gasteiger partial charge in [0.15, 0.2) is 8.68 Å². The monoisotopic (exact) mass is 287 g/mol. The van der Waals surface area contributed by atoms with Crippen LogP contribution >= 0.6 is 34.9 Å². The quantitative estimate of drug-likeness (QED) is 0.866. The Morgan fingerprint density at radius 3 is 2.65 bits per heavy atom. The first-order valence-corrected chi connectivity index (χ1v) is 7.79. The molecular weight excluding hydrogens is 274 g/mol. The summed E-state index contributed by atoms with van der Waals surface area (Å²) < 4.78 is 3.75. The Morgan fingerprint density at radius 2 is 2.06 bits per heavy atom. The van der Waals surface area contributed by atoms with Crippen LogP contribution in [-0.4, -0.2) is 26.2 Å². The molecule has 5 nitrogen and oxygen atoms in total. The molecule has 0 aliphatic carbocycles. The molecule has 2 aromatic rings. The normalized spacial score (nSPS) is 11.1. The average molecular weight is 287 g/mol. The third-order valence-electron chi connectivity index (χ3n) is 2.24. The highest BCUT2D eigenvalue weighted by atomic mass is 32.2. The number of thioether (sulfide) groups is 1. The van der Waals surface area contributed by atoms with E-state index in [9.17, 15) is 0 Å². The summed E-state index contributed by atoms with van der Waals surface area (Å²) in [6.45, 7) is 2.47. The lowest BCUT2D eigenvalue weighted by Gasteiger charge is -2.00. The summed E-state index contributed by atoms with van der Waals surface area (Å²) in [6.07, 6.45) is 1.99. The van der Waals surface area contributed by atoms with Gasteiger partial charge in [-0.1, -0.05) is 23.1 Å². The zero-order valence-electron chi connectivity index (χ0n) is 9.80. The Hall–Kier alpha value is -0.570. The van der Waals surface area contributed by atoms with Gasteiger partial charge in [0.05, 0.1) is 5.69 Å². The van der Waals surface area contributed by atoms with Crippen LogP contribution in [0.15, 0.2) is 13.7 Å². The number of nitrogens with two attached hydrogens (primary N) is 1. The van der Waals surface area contributed by atoms with Gasteiger partial charge in [0.1, 0.15) is 5.03 Å². The standard InChI is InChI=1S/C9H13N5S3/c1-5-6(4-10)7(14(2)13-5)16-9-12-11-8(15-3)17-9/h4,10H2,1-3H3. The van der Waals surface area contributed by atoms with Crippen molar-refractivity contribution in [1.82, 2.24) is 20.0 Å². The minimum absolute atomic E-state index is 0.496. The molecule has 0 aliphatic rings. The van der Waals surface area contributed by atoms with E-state index < -0.39 is 0 Å². The van der Waals surface area contributed by atoms with Crippen molar-refractivity contribution in [1.29, 1.82) is 0 Å². The van der Waals surface area contributed by atoms with Crippen molar-refractivity contribution in [3.63, 3.8) is 0 Å². The zero-order chi connectivity index (χ0) is 12.4. The van der Waals surface area contributed by atoms with E-state index in [-0.39, 0.29) is 0 Å². The number of aromatic nitrogens is 4. The molecule has 8 heteroatoms. The summed E-state index contributed by atoms with van der Waals surface area (Å²) in [4.78, 5) is 0. The molecule has 2 N–H and O–H groups in total. The highest BCUT2D eigenvalue weighted by Gasteiger charge is 2.15. The molecule has 0 aromatic carbocycles. The second-order valence-corrected chi connectivity index (χ2v) is 6.60. The molecule has 2 heterocycles. The van der Waals surface area contributed by atoms with Crippen LogP contribution < -0.4 is 5.73 Å². The Kier molecular flexibility index (Phi) is 4.08. The molecular formula is C9H13N5S3. The fourth-order valence-corrected chi connectivity index (χ4v) is 4.03. The topological polar surface area (TPSA) is 69.6 Å².